The van der Waals surface area contributed by atoms with Crippen molar-refractivity contribution >= 4 is 5.69 Å². The molecule has 0 radical (unpaired) electrons. The Balaban J connectivity index is 1.67. The van der Waals surface area contributed by atoms with Crippen LogP contribution in [0, 0.1) is 6.92 Å². The van der Waals surface area contributed by atoms with Crippen molar-refractivity contribution in [3.8, 4) is 0 Å². The third kappa shape index (κ3) is 4.13. The molecule has 0 saturated heterocycles. The van der Waals surface area contributed by atoms with Gasteiger partial charge in [0.25, 0.3) is 5.56 Å². The SMILES string of the molecule is Cc1cc(NCCc2ccccc2)cc(=O)n1Cc1ccccc1. The number of hydrogen-bond acceptors (Lipinski definition) is 2. The maximum absolute atomic E-state index is 12.4. The first-order chi connectivity index (χ1) is 11.7. The zero-order chi connectivity index (χ0) is 16.8. The number of nitrogens with zero attached hydrogens (tertiary/aromatic N) is 1. The predicted octanol–water partition coefficient (Wildman–Crippen LogP) is 3.86. The fourth-order valence-electron chi connectivity index (χ4n) is 2.80. The summed E-state index contributed by atoms with van der Waals surface area (Å²) in [5.74, 6) is 0. The van der Waals surface area contributed by atoms with Gasteiger partial charge in [-0.1, -0.05) is 60.7 Å². The summed E-state index contributed by atoms with van der Waals surface area (Å²) in [7, 11) is 0. The smallest absolute Gasteiger partial charge is 0.253 e. The van der Waals surface area contributed by atoms with Crippen LogP contribution in [0.5, 0.6) is 0 Å². The van der Waals surface area contributed by atoms with Crippen LogP contribution >= 0.6 is 0 Å². The second-order valence-corrected chi connectivity index (χ2v) is 5.96. The van der Waals surface area contributed by atoms with E-state index in [1.54, 1.807) is 10.6 Å². The molecule has 122 valence electrons. The first-order valence-electron chi connectivity index (χ1n) is 8.25. The Morgan fingerprint density at radius 1 is 0.875 bits per heavy atom. The van der Waals surface area contributed by atoms with E-state index in [9.17, 15) is 4.79 Å². The molecule has 0 unspecified atom stereocenters. The van der Waals surface area contributed by atoms with E-state index in [1.165, 1.54) is 5.56 Å². The second kappa shape index (κ2) is 7.64. The molecule has 3 heteroatoms. The van der Waals surface area contributed by atoms with Gasteiger partial charge < -0.3 is 9.88 Å². The Labute approximate surface area is 142 Å². The normalized spacial score (nSPS) is 10.5. The zero-order valence-corrected chi connectivity index (χ0v) is 13.9. The fraction of sp³-hybridized carbons (Fsp3) is 0.190. The van der Waals surface area contributed by atoms with Crippen molar-refractivity contribution in [2.45, 2.75) is 19.9 Å². The lowest BCUT2D eigenvalue weighted by atomic mass is 10.1. The van der Waals surface area contributed by atoms with Crippen molar-refractivity contribution < 1.29 is 0 Å². The van der Waals surface area contributed by atoms with E-state index in [-0.39, 0.29) is 5.56 Å². The number of anilines is 1. The molecule has 0 spiro atoms. The molecule has 1 heterocycles. The van der Waals surface area contributed by atoms with Crippen LogP contribution in [0.15, 0.2) is 77.6 Å². The number of nitrogens with one attached hydrogen (secondary N) is 1. The van der Waals surface area contributed by atoms with Crippen molar-refractivity contribution in [1.82, 2.24) is 4.57 Å². The van der Waals surface area contributed by atoms with Crippen molar-refractivity contribution in [1.29, 1.82) is 0 Å². The van der Waals surface area contributed by atoms with Gasteiger partial charge in [-0.15, -0.1) is 0 Å². The molecular weight excluding hydrogens is 296 g/mol. The lowest BCUT2D eigenvalue weighted by Crippen LogP contribution is -2.23. The van der Waals surface area contributed by atoms with Crippen LogP contribution in [0.1, 0.15) is 16.8 Å². The van der Waals surface area contributed by atoms with Crippen LogP contribution in [0.3, 0.4) is 0 Å². The predicted molar refractivity (Wildman–Crippen MR) is 99.6 cm³/mol. The van der Waals surface area contributed by atoms with Crippen LogP contribution in [0.4, 0.5) is 5.69 Å². The lowest BCUT2D eigenvalue weighted by molar-refractivity contribution is 0.730. The molecule has 24 heavy (non-hydrogen) atoms. The molecule has 0 fully saturated rings. The zero-order valence-electron chi connectivity index (χ0n) is 13.9. The quantitative estimate of drug-likeness (QED) is 0.749. The van der Waals surface area contributed by atoms with Gasteiger partial charge in [0, 0.05) is 24.0 Å². The van der Waals surface area contributed by atoms with E-state index in [1.807, 2.05) is 61.5 Å². The van der Waals surface area contributed by atoms with E-state index in [4.69, 9.17) is 0 Å². The molecule has 1 aromatic heterocycles. The number of benzene rings is 2. The molecular formula is C21H22N2O. The third-order valence-corrected chi connectivity index (χ3v) is 4.10. The van der Waals surface area contributed by atoms with Crippen molar-refractivity contribution in [2.24, 2.45) is 0 Å². The molecule has 0 saturated carbocycles. The number of pyridine rings is 1. The molecule has 0 aliphatic heterocycles. The van der Waals surface area contributed by atoms with Gasteiger partial charge in [0.15, 0.2) is 0 Å². The Hall–Kier alpha value is -2.81. The molecule has 0 atom stereocenters. The number of hydrogen-bond donors (Lipinski definition) is 1. The maximum atomic E-state index is 12.4. The van der Waals surface area contributed by atoms with Gasteiger partial charge in [0.05, 0.1) is 6.54 Å². The molecule has 0 bridgehead atoms. The molecule has 3 aromatic rings. The van der Waals surface area contributed by atoms with Gasteiger partial charge in [0.2, 0.25) is 0 Å². The number of aromatic nitrogens is 1. The molecule has 0 amide bonds. The highest BCUT2D eigenvalue weighted by Crippen LogP contribution is 2.10. The van der Waals surface area contributed by atoms with E-state index in [0.29, 0.717) is 6.54 Å². The van der Waals surface area contributed by atoms with E-state index >= 15 is 0 Å². The van der Waals surface area contributed by atoms with Gasteiger partial charge in [-0.3, -0.25) is 4.79 Å². The minimum Gasteiger partial charge on any atom is -0.385 e. The third-order valence-electron chi connectivity index (χ3n) is 4.10. The van der Waals surface area contributed by atoms with E-state index in [0.717, 1.165) is 29.9 Å². The summed E-state index contributed by atoms with van der Waals surface area (Å²) in [5, 5.41) is 3.35. The summed E-state index contributed by atoms with van der Waals surface area (Å²) in [6, 6.07) is 24.1. The number of aryl methyl sites for hydroxylation is 1. The highest BCUT2D eigenvalue weighted by atomic mass is 16.1. The Bertz CT molecular complexity index is 839. The summed E-state index contributed by atoms with van der Waals surface area (Å²) in [4.78, 5) is 12.4. The van der Waals surface area contributed by atoms with Crippen LogP contribution in [-0.4, -0.2) is 11.1 Å². The molecule has 0 aliphatic carbocycles. The van der Waals surface area contributed by atoms with Gasteiger partial charge in [-0.2, -0.15) is 0 Å². The summed E-state index contributed by atoms with van der Waals surface area (Å²) < 4.78 is 1.80. The molecule has 0 aliphatic rings. The minimum absolute atomic E-state index is 0.0288. The minimum atomic E-state index is 0.0288. The maximum Gasteiger partial charge on any atom is 0.253 e. The van der Waals surface area contributed by atoms with Gasteiger partial charge in [-0.25, -0.2) is 0 Å². The summed E-state index contributed by atoms with van der Waals surface area (Å²) >= 11 is 0. The standard InChI is InChI=1S/C21H22N2O/c1-17-14-20(22-13-12-18-8-4-2-5-9-18)15-21(24)23(17)16-19-10-6-3-7-11-19/h2-11,14-15,22H,12-13,16H2,1H3. The molecule has 1 N–H and O–H groups in total. The monoisotopic (exact) mass is 318 g/mol. The van der Waals surface area contributed by atoms with Crippen molar-refractivity contribution in [3.63, 3.8) is 0 Å². The molecule has 3 rings (SSSR count). The summed E-state index contributed by atoms with van der Waals surface area (Å²) in [5.41, 5.74) is 4.30. The van der Waals surface area contributed by atoms with Crippen LogP contribution in [0.25, 0.3) is 0 Å². The first-order valence-corrected chi connectivity index (χ1v) is 8.25. The lowest BCUT2D eigenvalue weighted by Gasteiger charge is -2.13. The average Bonchev–Trinajstić information content (AvgIpc) is 2.60. The topological polar surface area (TPSA) is 34.0 Å². The molecule has 2 aromatic carbocycles. The van der Waals surface area contributed by atoms with Crippen LogP contribution in [-0.2, 0) is 13.0 Å². The Morgan fingerprint density at radius 2 is 1.50 bits per heavy atom. The number of rotatable bonds is 6. The van der Waals surface area contributed by atoms with Crippen molar-refractivity contribution in [3.05, 3.63) is 100.0 Å². The summed E-state index contributed by atoms with van der Waals surface area (Å²) in [6.45, 7) is 3.40. The Kier molecular flexibility index (Phi) is 5.12. The van der Waals surface area contributed by atoms with Crippen LogP contribution in [0.2, 0.25) is 0 Å². The average molecular weight is 318 g/mol. The van der Waals surface area contributed by atoms with E-state index < -0.39 is 0 Å². The first kappa shape index (κ1) is 16.1. The van der Waals surface area contributed by atoms with Crippen LogP contribution < -0.4 is 10.9 Å². The molecule has 3 nitrogen and oxygen atoms in total. The highest BCUT2D eigenvalue weighted by molar-refractivity contribution is 5.43. The largest absolute Gasteiger partial charge is 0.385 e. The van der Waals surface area contributed by atoms with Gasteiger partial charge >= 0.3 is 0 Å². The Morgan fingerprint density at radius 3 is 2.12 bits per heavy atom. The fourth-order valence-corrected chi connectivity index (χ4v) is 2.80. The van der Waals surface area contributed by atoms with Crippen molar-refractivity contribution in [2.75, 3.05) is 11.9 Å². The second-order valence-electron chi connectivity index (χ2n) is 5.96. The van der Waals surface area contributed by atoms with E-state index in [2.05, 4.69) is 17.4 Å². The summed E-state index contributed by atoms with van der Waals surface area (Å²) in [6.07, 6.45) is 0.937. The highest BCUT2D eigenvalue weighted by Gasteiger charge is 2.04. The van der Waals surface area contributed by atoms with Gasteiger partial charge in [0.1, 0.15) is 0 Å². The van der Waals surface area contributed by atoms with Gasteiger partial charge in [-0.05, 0) is 30.5 Å².